The molecule has 20 heavy (non-hydrogen) atoms. The lowest BCUT2D eigenvalue weighted by molar-refractivity contribution is -0.123. The van der Waals surface area contributed by atoms with Gasteiger partial charge in [0, 0.05) is 5.54 Å². The molecule has 2 heterocycles. The van der Waals surface area contributed by atoms with Crippen molar-refractivity contribution in [2.24, 2.45) is 0 Å². The second-order valence-electron chi connectivity index (χ2n) is 5.56. The predicted octanol–water partition coefficient (Wildman–Crippen LogP) is 2.07. The summed E-state index contributed by atoms with van der Waals surface area (Å²) in [6.45, 7) is 7.85. The molecule has 0 spiro atoms. The van der Waals surface area contributed by atoms with Crippen LogP contribution in [0.2, 0.25) is 0 Å². The molecule has 0 atom stereocenters. The van der Waals surface area contributed by atoms with Crippen LogP contribution in [0, 0.1) is 6.92 Å². The van der Waals surface area contributed by atoms with Gasteiger partial charge < -0.3 is 5.32 Å². The van der Waals surface area contributed by atoms with E-state index in [2.05, 4.69) is 10.3 Å². The van der Waals surface area contributed by atoms with E-state index >= 15 is 0 Å². The van der Waals surface area contributed by atoms with E-state index in [1.54, 1.807) is 0 Å². The van der Waals surface area contributed by atoms with E-state index in [1.165, 1.54) is 22.2 Å². The molecule has 0 radical (unpaired) electrons. The van der Waals surface area contributed by atoms with Crippen molar-refractivity contribution in [1.29, 1.82) is 0 Å². The summed E-state index contributed by atoms with van der Waals surface area (Å²) >= 11 is 1.37. The van der Waals surface area contributed by atoms with Gasteiger partial charge in [0.2, 0.25) is 5.91 Å². The molecule has 2 rings (SSSR count). The summed E-state index contributed by atoms with van der Waals surface area (Å²) < 4.78 is 1.96. The number of nitrogens with one attached hydrogen (secondary N) is 1. The summed E-state index contributed by atoms with van der Waals surface area (Å²) in [6, 6.07) is 0. The van der Waals surface area contributed by atoms with Crippen molar-refractivity contribution in [1.82, 2.24) is 14.9 Å². The first-order valence-corrected chi connectivity index (χ1v) is 7.46. The summed E-state index contributed by atoms with van der Waals surface area (Å²) in [5, 5.41) is 4.82. The van der Waals surface area contributed by atoms with Gasteiger partial charge in [-0.15, -0.1) is 11.3 Å². The number of fused-ring (bicyclic) bond motifs is 1. The van der Waals surface area contributed by atoms with Gasteiger partial charge in [-0.25, -0.2) is 4.98 Å². The Bertz CT molecular complexity index is 700. The number of aromatic nitrogens is 2. The third-order valence-corrected chi connectivity index (χ3v) is 4.47. The normalized spacial score (nSPS) is 11.8. The molecule has 1 N–H and O–H groups in total. The van der Waals surface area contributed by atoms with Gasteiger partial charge in [0.25, 0.3) is 5.56 Å². The molecule has 0 aliphatic carbocycles. The molecule has 0 unspecified atom stereocenters. The number of hydrogen-bond donors (Lipinski definition) is 1. The molecule has 0 aliphatic rings. The molecular formula is C14H19N3O2S. The Morgan fingerprint density at radius 3 is 2.85 bits per heavy atom. The molecule has 1 amide bonds. The molecule has 0 bridgehead atoms. The lowest BCUT2D eigenvalue weighted by Gasteiger charge is -2.24. The predicted molar refractivity (Wildman–Crippen MR) is 81.1 cm³/mol. The standard InChI is InChI=1S/C14H19N3O2S/c1-5-14(3,4)16-10(18)6-17-8-15-11-9(2)7-20-12(11)13(17)19/h7-8H,5-6H2,1-4H3,(H,16,18). The summed E-state index contributed by atoms with van der Waals surface area (Å²) in [5.74, 6) is -0.173. The lowest BCUT2D eigenvalue weighted by Crippen LogP contribution is -2.45. The number of rotatable bonds is 4. The first kappa shape index (κ1) is 14.7. The zero-order valence-electron chi connectivity index (χ0n) is 12.2. The SMILES string of the molecule is CCC(C)(C)NC(=O)Cn1cnc2c(C)csc2c1=O. The fourth-order valence-corrected chi connectivity index (χ4v) is 2.78. The van der Waals surface area contributed by atoms with Crippen LogP contribution in [0.15, 0.2) is 16.5 Å². The maximum Gasteiger partial charge on any atom is 0.271 e. The van der Waals surface area contributed by atoms with Gasteiger partial charge >= 0.3 is 0 Å². The lowest BCUT2D eigenvalue weighted by atomic mass is 10.0. The van der Waals surface area contributed by atoms with Crippen molar-refractivity contribution < 1.29 is 4.79 Å². The van der Waals surface area contributed by atoms with Crippen LogP contribution in [-0.4, -0.2) is 21.0 Å². The van der Waals surface area contributed by atoms with E-state index in [-0.39, 0.29) is 23.6 Å². The highest BCUT2D eigenvalue weighted by Gasteiger charge is 2.18. The van der Waals surface area contributed by atoms with E-state index in [4.69, 9.17) is 0 Å². The molecule has 2 aromatic heterocycles. The third kappa shape index (κ3) is 2.90. The minimum Gasteiger partial charge on any atom is -0.350 e. The van der Waals surface area contributed by atoms with Gasteiger partial charge in [-0.05, 0) is 38.1 Å². The van der Waals surface area contributed by atoms with Crippen molar-refractivity contribution >= 4 is 27.5 Å². The Kier molecular flexibility index (Phi) is 3.94. The highest BCUT2D eigenvalue weighted by molar-refractivity contribution is 7.17. The quantitative estimate of drug-likeness (QED) is 0.938. The molecule has 0 aliphatic heterocycles. The molecule has 0 saturated heterocycles. The van der Waals surface area contributed by atoms with Gasteiger partial charge in [0.05, 0.1) is 11.8 Å². The topological polar surface area (TPSA) is 64.0 Å². The van der Waals surface area contributed by atoms with Crippen molar-refractivity contribution in [2.45, 2.75) is 46.2 Å². The monoisotopic (exact) mass is 293 g/mol. The second kappa shape index (κ2) is 5.36. The Morgan fingerprint density at radius 2 is 2.20 bits per heavy atom. The maximum absolute atomic E-state index is 12.3. The van der Waals surface area contributed by atoms with Crippen LogP contribution >= 0.6 is 11.3 Å². The summed E-state index contributed by atoms with van der Waals surface area (Å²) in [6.07, 6.45) is 2.28. The number of thiophene rings is 1. The molecular weight excluding hydrogens is 274 g/mol. The van der Waals surface area contributed by atoms with Crippen LogP contribution in [0.1, 0.15) is 32.8 Å². The fraction of sp³-hybridized carbons (Fsp3) is 0.500. The van der Waals surface area contributed by atoms with Gasteiger partial charge in [-0.3, -0.25) is 14.2 Å². The Hall–Kier alpha value is -1.69. The van der Waals surface area contributed by atoms with Crippen molar-refractivity contribution in [3.8, 4) is 0 Å². The molecule has 2 aromatic rings. The number of aryl methyl sites for hydroxylation is 1. The van der Waals surface area contributed by atoms with Crippen LogP contribution in [0.25, 0.3) is 10.2 Å². The number of hydrogen-bond acceptors (Lipinski definition) is 4. The molecule has 0 saturated carbocycles. The van der Waals surface area contributed by atoms with Crippen molar-refractivity contribution in [3.63, 3.8) is 0 Å². The second-order valence-corrected chi connectivity index (χ2v) is 6.44. The highest BCUT2D eigenvalue weighted by atomic mass is 32.1. The van der Waals surface area contributed by atoms with Gasteiger partial charge in [0.1, 0.15) is 11.2 Å². The highest BCUT2D eigenvalue weighted by Crippen LogP contribution is 2.19. The fourth-order valence-electron chi connectivity index (χ4n) is 1.83. The van der Waals surface area contributed by atoms with Crippen LogP contribution in [0.3, 0.4) is 0 Å². The zero-order valence-corrected chi connectivity index (χ0v) is 13.0. The molecule has 0 fully saturated rings. The van der Waals surface area contributed by atoms with Crippen LogP contribution in [-0.2, 0) is 11.3 Å². The number of amides is 1. The average molecular weight is 293 g/mol. The van der Waals surface area contributed by atoms with E-state index in [0.717, 1.165) is 17.5 Å². The Labute approximate surface area is 121 Å². The molecule has 108 valence electrons. The minimum absolute atomic E-state index is 0.00213. The average Bonchev–Trinajstić information content (AvgIpc) is 2.75. The van der Waals surface area contributed by atoms with Crippen LogP contribution in [0.5, 0.6) is 0 Å². The van der Waals surface area contributed by atoms with E-state index in [1.807, 2.05) is 33.1 Å². The first-order valence-electron chi connectivity index (χ1n) is 6.58. The molecule has 6 heteroatoms. The number of carbonyl (C=O) groups is 1. The van der Waals surface area contributed by atoms with E-state index < -0.39 is 0 Å². The third-order valence-electron chi connectivity index (χ3n) is 3.40. The van der Waals surface area contributed by atoms with Crippen molar-refractivity contribution in [3.05, 3.63) is 27.6 Å². The smallest absolute Gasteiger partial charge is 0.271 e. The summed E-state index contributed by atoms with van der Waals surface area (Å²) in [5.41, 5.74) is 1.30. The zero-order chi connectivity index (χ0) is 14.9. The number of nitrogens with zero attached hydrogens (tertiary/aromatic N) is 2. The van der Waals surface area contributed by atoms with Gasteiger partial charge in [0.15, 0.2) is 0 Å². The maximum atomic E-state index is 12.3. The molecule has 5 nitrogen and oxygen atoms in total. The van der Waals surface area contributed by atoms with Gasteiger partial charge in [-0.2, -0.15) is 0 Å². The Balaban J connectivity index is 2.24. The Morgan fingerprint density at radius 1 is 1.50 bits per heavy atom. The van der Waals surface area contributed by atoms with Crippen molar-refractivity contribution in [2.75, 3.05) is 0 Å². The summed E-state index contributed by atoms with van der Waals surface area (Å²) in [7, 11) is 0. The van der Waals surface area contributed by atoms with Gasteiger partial charge in [-0.1, -0.05) is 6.92 Å². The van der Waals surface area contributed by atoms with Crippen LogP contribution in [0.4, 0.5) is 0 Å². The first-order chi connectivity index (χ1) is 9.34. The van der Waals surface area contributed by atoms with Crippen LogP contribution < -0.4 is 10.9 Å². The summed E-state index contributed by atoms with van der Waals surface area (Å²) in [4.78, 5) is 28.5. The largest absolute Gasteiger partial charge is 0.350 e. The van der Waals surface area contributed by atoms with E-state index in [0.29, 0.717) is 4.70 Å². The minimum atomic E-state index is -0.266. The van der Waals surface area contributed by atoms with E-state index in [9.17, 15) is 9.59 Å². The number of carbonyl (C=O) groups excluding carboxylic acids is 1. The molecule has 0 aromatic carbocycles.